The zero-order valence-electron chi connectivity index (χ0n) is 10.1. The van der Waals surface area contributed by atoms with Gasteiger partial charge in [-0.1, -0.05) is 17.7 Å². The largest absolute Gasteiger partial charge is 0.461 e. The normalized spacial score (nSPS) is 10.6. The second-order valence-electron chi connectivity index (χ2n) is 3.77. The number of pyridine rings is 1. The Kier molecular flexibility index (Phi) is 3.66. The summed E-state index contributed by atoms with van der Waals surface area (Å²) in [4.78, 5) is 20.8. The maximum Gasteiger partial charge on any atom is 0.461 e. The molecule has 0 saturated carbocycles. The first-order chi connectivity index (χ1) is 8.60. The van der Waals surface area contributed by atoms with Crippen molar-refractivity contribution in [2.75, 3.05) is 11.4 Å². The van der Waals surface area contributed by atoms with Crippen molar-refractivity contribution in [3.63, 3.8) is 0 Å². The summed E-state index contributed by atoms with van der Waals surface area (Å²) in [5.74, 6) is -0.0994. The van der Waals surface area contributed by atoms with Crippen LogP contribution in [0.3, 0.4) is 0 Å². The molecule has 0 N–H and O–H groups in total. The van der Waals surface area contributed by atoms with Crippen LogP contribution in [0.1, 0.15) is 12.5 Å². The summed E-state index contributed by atoms with van der Waals surface area (Å²) in [5, 5.41) is 0.454. The quantitative estimate of drug-likeness (QED) is 0.786. The predicted octanol–water partition coefficient (Wildman–Crippen LogP) is 1.45. The molecule has 7 heteroatoms. The van der Waals surface area contributed by atoms with Crippen molar-refractivity contribution >= 4 is 17.5 Å². The van der Waals surface area contributed by atoms with Gasteiger partial charge in [0.05, 0.1) is 0 Å². The second kappa shape index (κ2) is 5.22. The predicted molar refractivity (Wildman–Crippen MR) is 67.7 cm³/mol. The molecule has 2 aromatic rings. The highest BCUT2D eigenvalue weighted by Crippen LogP contribution is 2.13. The first-order valence-electron chi connectivity index (χ1n) is 5.50. The summed E-state index contributed by atoms with van der Waals surface area (Å²) in [6.45, 7) is 3.26. The molecule has 0 radical (unpaired) electrons. The van der Waals surface area contributed by atoms with Gasteiger partial charge in [-0.25, -0.2) is 9.78 Å². The molecule has 18 heavy (non-hydrogen) atoms. The average Bonchev–Trinajstić information content (AvgIpc) is 2.68. The van der Waals surface area contributed by atoms with E-state index in [1.54, 1.807) is 19.3 Å². The van der Waals surface area contributed by atoms with Gasteiger partial charge in [-0.05, 0) is 18.6 Å². The lowest BCUT2D eigenvalue weighted by Crippen LogP contribution is -2.25. The SMILES string of the molecule is CCN(Cc1ccc(Cl)nc1)c1nc(=O)on1C. The molecule has 0 saturated heterocycles. The van der Waals surface area contributed by atoms with Crippen LogP contribution in [0.25, 0.3) is 0 Å². The monoisotopic (exact) mass is 268 g/mol. The molecule has 0 spiro atoms. The molecule has 0 atom stereocenters. The number of aromatic nitrogens is 3. The number of rotatable bonds is 4. The molecule has 6 nitrogen and oxygen atoms in total. The standard InChI is InChI=1S/C11H13ClN4O2/c1-3-16(10-14-11(17)18-15(10)2)7-8-4-5-9(12)13-6-8/h4-6H,3,7H2,1-2H3. The number of aryl methyl sites for hydroxylation is 1. The molecule has 0 amide bonds. The number of nitrogens with zero attached hydrogens (tertiary/aromatic N) is 4. The van der Waals surface area contributed by atoms with Gasteiger partial charge in [-0.3, -0.25) is 0 Å². The smallest absolute Gasteiger partial charge is 0.336 e. The van der Waals surface area contributed by atoms with E-state index >= 15 is 0 Å². The molecule has 0 bridgehead atoms. The Labute approximate surface area is 109 Å². The molecule has 0 aromatic carbocycles. The van der Waals surface area contributed by atoms with Gasteiger partial charge in [0.25, 0.3) is 0 Å². The van der Waals surface area contributed by atoms with Crippen LogP contribution in [0.4, 0.5) is 5.95 Å². The lowest BCUT2D eigenvalue weighted by atomic mass is 10.2. The van der Waals surface area contributed by atoms with Gasteiger partial charge in [-0.15, -0.1) is 4.98 Å². The van der Waals surface area contributed by atoms with E-state index in [-0.39, 0.29) is 0 Å². The molecule has 0 aliphatic carbocycles. The molecule has 2 aromatic heterocycles. The third-order valence-corrected chi connectivity index (χ3v) is 2.74. The Balaban J connectivity index is 2.22. The zero-order valence-corrected chi connectivity index (χ0v) is 10.9. The highest BCUT2D eigenvalue weighted by Gasteiger charge is 2.13. The van der Waals surface area contributed by atoms with E-state index in [4.69, 9.17) is 16.1 Å². The van der Waals surface area contributed by atoms with Crippen molar-refractivity contribution < 1.29 is 4.52 Å². The number of hydrogen-bond acceptors (Lipinski definition) is 5. The van der Waals surface area contributed by atoms with E-state index in [2.05, 4.69) is 9.97 Å². The maximum absolute atomic E-state index is 11.1. The minimum absolute atomic E-state index is 0.454. The minimum Gasteiger partial charge on any atom is -0.336 e. The Bertz CT molecular complexity index is 575. The van der Waals surface area contributed by atoms with E-state index in [0.717, 1.165) is 5.56 Å². The van der Waals surface area contributed by atoms with Crippen molar-refractivity contribution in [1.82, 2.24) is 14.7 Å². The van der Waals surface area contributed by atoms with Crippen LogP contribution < -0.4 is 10.7 Å². The van der Waals surface area contributed by atoms with Gasteiger partial charge in [0, 0.05) is 26.3 Å². The van der Waals surface area contributed by atoms with Crippen molar-refractivity contribution in [1.29, 1.82) is 0 Å². The average molecular weight is 269 g/mol. The molecule has 96 valence electrons. The zero-order chi connectivity index (χ0) is 13.1. The van der Waals surface area contributed by atoms with Crippen LogP contribution in [0.2, 0.25) is 5.15 Å². The summed E-state index contributed by atoms with van der Waals surface area (Å²) < 4.78 is 6.18. The molecular weight excluding hydrogens is 256 g/mol. The van der Waals surface area contributed by atoms with E-state index in [0.29, 0.717) is 24.2 Å². The molecular formula is C11H13ClN4O2. The van der Waals surface area contributed by atoms with Crippen LogP contribution in [0.15, 0.2) is 27.6 Å². The van der Waals surface area contributed by atoms with Gasteiger partial charge < -0.3 is 9.42 Å². The summed E-state index contributed by atoms with van der Waals surface area (Å²) >= 11 is 5.73. The van der Waals surface area contributed by atoms with Gasteiger partial charge in [0.1, 0.15) is 5.15 Å². The highest BCUT2D eigenvalue weighted by atomic mass is 35.5. The lowest BCUT2D eigenvalue weighted by molar-refractivity contribution is 0.284. The summed E-state index contributed by atoms with van der Waals surface area (Å²) in [5.41, 5.74) is 0.983. The molecule has 0 aliphatic heterocycles. The minimum atomic E-state index is -0.597. The topological polar surface area (TPSA) is 64.2 Å². The van der Waals surface area contributed by atoms with Gasteiger partial charge >= 0.3 is 5.76 Å². The van der Waals surface area contributed by atoms with Gasteiger partial charge in [-0.2, -0.15) is 4.74 Å². The van der Waals surface area contributed by atoms with Crippen LogP contribution in [-0.2, 0) is 13.6 Å². The third kappa shape index (κ3) is 2.70. The first kappa shape index (κ1) is 12.6. The fourth-order valence-corrected chi connectivity index (χ4v) is 1.76. The van der Waals surface area contributed by atoms with Crippen molar-refractivity contribution in [3.05, 3.63) is 39.6 Å². The van der Waals surface area contributed by atoms with Crippen molar-refractivity contribution in [2.45, 2.75) is 13.5 Å². The third-order valence-electron chi connectivity index (χ3n) is 2.51. The van der Waals surface area contributed by atoms with E-state index in [1.165, 1.54) is 4.74 Å². The fraction of sp³-hybridized carbons (Fsp3) is 0.364. The van der Waals surface area contributed by atoms with Crippen LogP contribution in [0, 0.1) is 0 Å². The summed E-state index contributed by atoms with van der Waals surface area (Å²) in [7, 11) is 1.65. The van der Waals surface area contributed by atoms with Crippen LogP contribution in [0.5, 0.6) is 0 Å². The number of halogens is 1. The number of hydrogen-bond donors (Lipinski definition) is 0. The molecule has 0 fully saturated rings. The van der Waals surface area contributed by atoms with Crippen molar-refractivity contribution in [2.24, 2.45) is 7.05 Å². The fourth-order valence-electron chi connectivity index (χ4n) is 1.64. The molecule has 0 aliphatic rings. The van der Waals surface area contributed by atoms with Gasteiger partial charge in [0.15, 0.2) is 0 Å². The Morgan fingerprint density at radius 2 is 2.28 bits per heavy atom. The van der Waals surface area contributed by atoms with Gasteiger partial charge in [0.2, 0.25) is 5.95 Å². The Morgan fingerprint density at radius 3 is 2.78 bits per heavy atom. The van der Waals surface area contributed by atoms with E-state index in [9.17, 15) is 4.79 Å². The second-order valence-corrected chi connectivity index (χ2v) is 4.16. The van der Waals surface area contributed by atoms with E-state index < -0.39 is 5.76 Å². The van der Waals surface area contributed by atoms with Crippen LogP contribution >= 0.6 is 11.6 Å². The Morgan fingerprint density at radius 1 is 1.50 bits per heavy atom. The number of anilines is 1. The first-order valence-corrected chi connectivity index (χ1v) is 5.87. The van der Waals surface area contributed by atoms with Crippen LogP contribution in [-0.4, -0.2) is 21.3 Å². The molecule has 2 heterocycles. The summed E-state index contributed by atoms with van der Waals surface area (Å²) in [6.07, 6.45) is 1.70. The highest BCUT2D eigenvalue weighted by molar-refractivity contribution is 6.29. The Hall–Kier alpha value is -1.82. The maximum atomic E-state index is 11.1. The molecule has 2 rings (SSSR count). The lowest BCUT2D eigenvalue weighted by Gasteiger charge is -2.20. The van der Waals surface area contributed by atoms with E-state index in [1.807, 2.05) is 17.9 Å². The summed E-state index contributed by atoms with van der Waals surface area (Å²) in [6, 6.07) is 3.61. The van der Waals surface area contributed by atoms with Crippen molar-refractivity contribution in [3.8, 4) is 0 Å². The molecule has 0 unspecified atom stereocenters.